The highest BCUT2D eigenvalue weighted by Gasteiger charge is 2.17. The average Bonchev–Trinajstić information content (AvgIpc) is 3.37. The lowest BCUT2D eigenvalue weighted by atomic mass is 10.1. The van der Waals surface area contributed by atoms with E-state index in [1.54, 1.807) is 18.6 Å². The van der Waals surface area contributed by atoms with Crippen molar-refractivity contribution in [1.82, 2.24) is 35.6 Å². The molecule has 4 rings (SSSR count). The summed E-state index contributed by atoms with van der Waals surface area (Å²) >= 11 is 0. The van der Waals surface area contributed by atoms with E-state index in [1.165, 1.54) is 6.26 Å². The average molecular weight is 347 g/mol. The van der Waals surface area contributed by atoms with Gasteiger partial charge in [0.2, 0.25) is 5.82 Å². The molecule has 0 spiro atoms. The van der Waals surface area contributed by atoms with Crippen LogP contribution in [0.1, 0.15) is 16.2 Å². The molecule has 3 heterocycles. The number of rotatable bonds is 5. The summed E-state index contributed by atoms with van der Waals surface area (Å²) in [6, 6.07) is 9.35. The Kier molecular flexibility index (Phi) is 4.17. The van der Waals surface area contributed by atoms with E-state index in [4.69, 9.17) is 4.52 Å². The largest absolute Gasteiger partial charge is 0.363 e. The number of nitrogens with zero attached hydrogens (tertiary/aromatic N) is 5. The molecule has 1 aromatic carbocycles. The van der Waals surface area contributed by atoms with E-state index < -0.39 is 0 Å². The molecule has 128 valence electrons. The van der Waals surface area contributed by atoms with E-state index in [1.807, 2.05) is 30.3 Å². The highest BCUT2D eigenvalue weighted by Crippen LogP contribution is 2.21. The Bertz CT molecular complexity index is 1010. The Labute approximate surface area is 147 Å². The van der Waals surface area contributed by atoms with Gasteiger partial charge >= 0.3 is 0 Å². The normalized spacial score (nSPS) is 10.6. The molecule has 0 saturated heterocycles. The van der Waals surface area contributed by atoms with Crippen molar-refractivity contribution >= 4 is 5.91 Å². The van der Waals surface area contributed by atoms with Crippen molar-refractivity contribution < 1.29 is 9.32 Å². The molecule has 3 aromatic heterocycles. The third-order valence-electron chi connectivity index (χ3n) is 3.60. The van der Waals surface area contributed by atoms with E-state index in [0.29, 0.717) is 28.6 Å². The summed E-state index contributed by atoms with van der Waals surface area (Å²) < 4.78 is 4.97. The van der Waals surface area contributed by atoms with Crippen LogP contribution in [0.3, 0.4) is 0 Å². The lowest BCUT2D eigenvalue weighted by Gasteiger charge is -2.02. The number of hydrogen-bond acceptors (Lipinski definition) is 7. The quantitative estimate of drug-likeness (QED) is 0.565. The van der Waals surface area contributed by atoms with Crippen LogP contribution < -0.4 is 5.32 Å². The van der Waals surface area contributed by atoms with Crippen LogP contribution in [-0.4, -0.2) is 36.2 Å². The van der Waals surface area contributed by atoms with Gasteiger partial charge in [0.15, 0.2) is 0 Å². The zero-order valence-corrected chi connectivity index (χ0v) is 13.5. The van der Waals surface area contributed by atoms with Crippen molar-refractivity contribution in [3.63, 3.8) is 0 Å². The second-order valence-corrected chi connectivity index (χ2v) is 5.32. The fourth-order valence-corrected chi connectivity index (χ4v) is 2.36. The fraction of sp³-hybridized carbons (Fsp3) is 0.0588. The molecule has 0 aliphatic rings. The van der Waals surface area contributed by atoms with Gasteiger partial charge in [-0.15, -0.1) is 0 Å². The van der Waals surface area contributed by atoms with Gasteiger partial charge < -0.3 is 9.84 Å². The molecule has 0 atom stereocenters. The van der Waals surface area contributed by atoms with Crippen molar-refractivity contribution in [3.8, 4) is 22.8 Å². The number of carbonyl (C=O) groups is 1. The van der Waals surface area contributed by atoms with Crippen LogP contribution in [-0.2, 0) is 6.54 Å². The molecular formula is C17H13N7O2. The fourth-order valence-electron chi connectivity index (χ4n) is 2.36. The Balaban J connectivity index is 1.46. The van der Waals surface area contributed by atoms with Gasteiger partial charge in [0.05, 0.1) is 12.7 Å². The summed E-state index contributed by atoms with van der Waals surface area (Å²) in [5.41, 5.74) is 2.19. The number of aromatic amines is 1. The first kappa shape index (κ1) is 15.6. The first-order valence-electron chi connectivity index (χ1n) is 7.77. The highest BCUT2D eigenvalue weighted by molar-refractivity contribution is 5.99. The highest BCUT2D eigenvalue weighted by atomic mass is 16.5. The topological polar surface area (TPSA) is 122 Å². The smallest absolute Gasteiger partial charge is 0.257 e. The Morgan fingerprint density at radius 1 is 1.19 bits per heavy atom. The molecule has 0 saturated carbocycles. The summed E-state index contributed by atoms with van der Waals surface area (Å²) in [6.45, 7) is 0.172. The van der Waals surface area contributed by atoms with Gasteiger partial charge in [0.1, 0.15) is 29.0 Å². The Morgan fingerprint density at radius 2 is 2.08 bits per heavy atom. The Hall–Kier alpha value is -3.88. The molecule has 0 fully saturated rings. The van der Waals surface area contributed by atoms with Crippen LogP contribution in [0, 0.1) is 0 Å². The van der Waals surface area contributed by atoms with E-state index >= 15 is 0 Å². The molecule has 0 aliphatic carbocycles. The van der Waals surface area contributed by atoms with Crippen LogP contribution in [0.2, 0.25) is 0 Å². The van der Waals surface area contributed by atoms with E-state index in [9.17, 15) is 4.79 Å². The number of amides is 1. The second-order valence-electron chi connectivity index (χ2n) is 5.32. The lowest BCUT2D eigenvalue weighted by molar-refractivity contribution is 0.0950. The monoisotopic (exact) mass is 347 g/mol. The first-order valence-corrected chi connectivity index (χ1v) is 7.77. The third kappa shape index (κ3) is 3.18. The summed E-state index contributed by atoms with van der Waals surface area (Å²) in [6.07, 6.45) is 6.02. The van der Waals surface area contributed by atoms with Gasteiger partial charge in [-0.05, 0) is 0 Å². The van der Waals surface area contributed by atoms with Gasteiger partial charge in [0.25, 0.3) is 5.91 Å². The minimum Gasteiger partial charge on any atom is -0.363 e. The third-order valence-corrected chi connectivity index (χ3v) is 3.60. The number of carbonyl (C=O) groups excluding carboxylic acids is 1. The molecule has 9 nitrogen and oxygen atoms in total. The van der Waals surface area contributed by atoms with Crippen molar-refractivity contribution in [1.29, 1.82) is 0 Å². The van der Waals surface area contributed by atoms with Crippen molar-refractivity contribution in [2.24, 2.45) is 0 Å². The lowest BCUT2D eigenvalue weighted by Crippen LogP contribution is -2.23. The van der Waals surface area contributed by atoms with E-state index in [2.05, 4.69) is 35.6 Å². The zero-order valence-electron chi connectivity index (χ0n) is 13.5. The van der Waals surface area contributed by atoms with Crippen LogP contribution in [0.15, 0.2) is 59.7 Å². The van der Waals surface area contributed by atoms with Crippen LogP contribution in [0.5, 0.6) is 0 Å². The summed E-state index contributed by atoms with van der Waals surface area (Å²) in [5.74, 6) is 0.594. The zero-order chi connectivity index (χ0) is 17.8. The van der Waals surface area contributed by atoms with Gasteiger partial charge in [0, 0.05) is 18.0 Å². The minimum atomic E-state index is -0.317. The second kappa shape index (κ2) is 6.93. The molecule has 0 radical (unpaired) electrons. The SMILES string of the molecule is O=C(NCc1nc(-c2cnccn2)n[nH]1)c1conc1-c1ccccc1. The molecular weight excluding hydrogens is 334 g/mol. The summed E-state index contributed by atoms with van der Waals surface area (Å²) in [4.78, 5) is 24.8. The number of hydrogen-bond donors (Lipinski definition) is 2. The molecule has 2 N–H and O–H groups in total. The Morgan fingerprint density at radius 3 is 2.88 bits per heavy atom. The predicted molar refractivity (Wildman–Crippen MR) is 90.5 cm³/mol. The summed E-state index contributed by atoms with van der Waals surface area (Å²) in [5, 5.41) is 13.5. The van der Waals surface area contributed by atoms with E-state index in [0.717, 1.165) is 5.56 Å². The van der Waals surface area contributed by atoms with Crippen LogP contribution in [0.25, 0.3) is 22.8 Å². The molecule has 1 amide bonds. The number of H-pyrrole nitrogens is 1. The first-order chi connectivity index (χ1) is 12.8. The number of aromatic nitrogens is 6. The van der Waals surface area contributed by atoms with Gasteiger partial charge in [-0.3, -0.25) is 14.9 Å². The molecule has 0 unspecified atom stereocenters. The van der Waals surface area contributed by atoms with Crippen molar-refractivity contribution in [2.45, 2.75) is 6.54 Å². The molecule has 0 bridgehead atoms. The maximum absolute atomic E-state index is 12.5. The van der Waals surface area contributed by atoms with Gasteiger partial charge in [-0.2, -0.15) is 5.10 Å². The minimum absolute atomic E-state index is 0.172. The van der Waals surface area contributed by atoms with Gasteiger partial charge in [-0.1, -0.05) is 35.5 Å². The predicted octanol–water partition coefficient (Wildman–Crippen LogP) is 1.85. The number of benzene rings is 1. The van der Waals surface area contributed by atoms with Gasteiger partial charge in [-0.25, -0.2) is 9.97 Å². The number of nitrogens with one attached hydrogen (secondary N) is 2. The van der Waals surface area contributed by atoms with Crippen LogP contribution in [0.4, 0.5) is 0 Å². The summed E-state index contributed by atoms with van der Waals surface area (Å²) in [7, 11) is 0. The molecule has 4 aromatic rings. The maximum atomic E-state index is 12.5. The maximum Gasteiger partial charge on any atom is 0.257 e. The van der Waals surface area contributed by atoms with Crippen molar-refractivity contribution in [2.75, 3.05) is 0 Å². The molecule has 9 heteroatoms. The standard InChI is InChI=1S/C17H13N7O2/c25-17(12-10-26-24-15(12)11-4-2-1-3-5-11)20-9-14-21-16(23-22-14)13-8-18-6-7-19-13/h1-8,10H,9H2,(H,20,25)(H,21,22,23). The molecule has 0 aliphatic heterocycles. The van der Waals surface area contributed by atoms with Crippen molar-refractivity contribution in [3.05, 3.63) is 66.6 Å². The van der Waals surface area contributed by atoms with Crippen LogP contribution >= 0.6 is 0 Å². The molecule has 26 heavy (non-hydrogen) atoms. The van der Waals surface area contributed by atoms with E-state index in [-0.39, 0.29) is 12.5 Å².